The number of ether oxygens (including phenoxy) is 1. The van der Waals surface area contributed by atoms with E-state index < -0.39 is 16.9 Å². The van der Waals surface area contributed by atoms with E-state index in [1.165, 1.54) is 35.1 Å². The van der Waals surface area contributed by atoms with Crippen LogP contribution in [-0.2, 0) is 9.53 Å². The average molecular weight is 622 g/mol. The van der Waals surface area contributed by atoms with Crippen LogP contribution in [0.5, 0.6) is 0 Å². The second kappa shape index (κ2) is 10.8. The average Bonchev–Trinajstić information content (AvgIpc) is 3.51. The van der Waals surface area contributed by atoms with Crippen molar-refractivity contribution in [1.82, 2.24) is 4.57 Å². The normalized spacial score (nSPS) is 15.2. The van der Waals surface area contributed by atoms with Gasteiger partial charge in [0.05, 0.1) is 33.9 Å². The number of hydrogen-bond donors (Lipinski definition) is 0. The van der Waals surface area contributed by atoms with Crippen LogP contribution >= 0.6 is 27.3 Å². The lowest BCUT2D eigenvalue weighted by Gasteiger charge is -2.24. The Labute approximate surface area is 241 Å². The van der Waals surface area contributed by atoms with E-state index in [0.717, 1.165) is 11.1 Å². The fourth-order valence-electron chi connectivity index (χ4n) is 4.59. The van der Waals surface area contributed by atoms with Crippen LogP contribution in [0.3, 0.4) is 0 Å². The van der Waals surface area contributed by atoms with E-state index in [0.29, 0.717) is 48.1 Å². The largest absolute Gasteiger partial charge is 0.466 e. The number of rotatable bonds is 6. The van der Waals surface area contributed by atoms with Crippen molar-refractivity contribution in [2.75, 3.05) is 7.11 Å². The van der Waals surface area contributed by atoms with Gasteiger partial charge in [0.25, 0.3) is 11.2 Å². The first-order chi connectivity index (χ1) is 19.1. The molecule has 0 saturated heterocycles. The minimum absolute atomic E-state index is 0.0430. The molecule has 2 aromatic carbocycles. The van der Waals surface area contributed by atoms with Crippen molar-refractivity contribution >= 4 is 45.0 Å². The van der Waals surface area contributed by atoms with Crippen molar-refractivity contribution in [2.24, 2.45) is 4.99 Å². The highest BCUT2D eigenvalue weighted by Crippen LogP contribution is 2.33. The minimum Gasteiger partial charge on any atom is -0.466 e. The summed E-state index contributed by atoms with van der Waals surface area (Å²) in [5.74, 6) is 0.691. The Bertz CT molecular complexity index is 1860. The molecule has 1 unspecified atom stereocenters. The molecular formula is C29H24BrN3O6S. The Morgan fingerprint density at radius 3 is 2.55 bits per heavy atom. The van der Waals surface area contributed by atoms with E-state index in [1.54, 1.807) is 31.2 Å². The van der Waals surface area contributed by atoms with E-state index in [9.17, 15) is 19.7 Å². The minimum atomic E-state index is -0.699. The van der Waals surface area contributed by atoms with Crippen molar-refractivity contribution in [3.05, 3.63) is 117 Å². The van der Waals surface area contributed by atoms with Crippen molar-refractivity contribution in [3.8, 4) is 11.3 Å². The van der Waals surface area contributed by atoms with Crippen LogP contribution in [0.1, 0.15) is 49.6 Å². The smallest absolute Gasteiger partial charge is 0.338 e. The molecule has 2 aromatic heterocycles. The number of fused-ring (bicyclic) bond motifs is 1. The van der Waals surface area contributed by atoms with Crippen LogP contribution in [0, 0.1) is 10.1 Å². The number of nitrogens with zero attached hydrogens (tertiary/aromatic N) is 3. The van der Waals surface area contributed by atoms with Gasteiger partial charge in [0, 0.05) is 28.2 Å². The van der Waals surface area contributed by atoms with Crippen LogP contribution in [0.15, 0.2) is 84.5 Å². The molecule has 0 bridgehead atoms. The van der Waals surface area contributed by atoms with Crippen LogP contribution in [0.25, 0.3) is 17.4 Å². The number of benzene rings is 2. The first kappa shape index (κ1) is 27.5. The van der Waals surface area contributed by atoms with Gasteiger partial charge in [-0.3, -0.25) is 19.5 Å². The highest BCUT2D eigenvalue weighted by Gasteiger charge is 2.33. The first-order valence-corrected chi connectivity index (χ1v) is 13.9. The van der Waals surface area contributed by atoms with Gasteiger partial charge in [0.2, 0.25) is 0 Å². The van der Waals surface area contributed by atoms with E-state index in [4.69, 9.17) is 9.15 Å². The van der Waals surface area contributed by atoms with Gasteiger partial charge in [0.1, 0.15) is 11.5 Å². The molecule has 0 aliphatic carbocycles. The second-order valence-corrected chi connectivity index (χ2v) is 11.4. The van der Waals surface area contributed by atoms with Crippen molar-refractivity contribution in [3.63, 3.8) is 0 Å². The zero-order valence-electron chi connectivity index (χ0n) is 22.0. The predicted molar refractivity (Wildman–Crippen MR) is 155 cm³/mol. The Morgan fingerprint density at radius 2 is 1.93 bits per heavy atom. The van der Waals surface area contributed by atoms with Gasteiger partial charge in [0.15, 0.2) is 4.80 Å². The molecule has 11 heteroatoms. The van der Waals surface area contributed by atoms with Gasteiger partial charge in [-0.2, -0.15) is 0 Å². The topological polar surface area (TPSA) is 117 Å². The number of furan rings is 1. The molecule has 4 aromatic rings. The molecule has 0 fully saturated rings. The second-order valence-electron chi connectivity index (χ2n) is 9.52. The quantitative estimate of drug-likeness (QED) is 0.160. The lowest BCUT2D eigenvalue weighted by atomic mass is 9.93. The maximum atomic E-state index is 13.8. The summed E-state index contributed by atoms with van der Waals surface area (Å²) in [6, 6.07) is 15.0. The van der Waals surface area contributed by atoms with E-state index in [-0.39, 0.29) is 11.2 Å². The highest BCUT2D eigenvalue weighted by atomic mass is 79.9. The molecule has 0 radical (unpaired) electrons. The molecule has 5 rings (SSSR count). The summed E-state index contributed by atoms with van der Waals surface area (Å²) in [5, 5.41) is 11.1. The molecule has 1 aliphatic rings. The molecule has 3 heterocycles. The zero-order chi connectivity index (χ0) is 28.7. The fraction of sp³-hybridized carbons (Fsp3) is 0.207. The number of nitro groups is 1. The molecule has 0 N–H and O–H groups in total. The predicted octanol–water partition coefficient (Wildman–Crippen LogP) is 5.46. The van der Waals surface area contributed by atoms with Gasteiger partial charge in [-0.25, -0.2) is 9.79 Å². The maximum Gasteiger partial charge on any atom is 0.338 e. The van der Waals surface area contributed by atoms with Gasteiger partial charge in [-0.05, 0) is 58.1 Å². The molecule has 1 aliphatic heterocycles. The number of carbonyl (C=O) groups excluding carboxylic acids is 1. The zero-order valence-corrected chi connectivity index (χ0v) is 24.4. The number of allylic oxidation sites excluding steroid dienone is 1. The number of non-ortho nitro benzene ring substituents is 1. The number of methoxy groups -OCH3 is 1. The van der Waals surface area contributed by atoms with Crippen LogP contribution in [0.2, 0.25) is 0 Å². The fourth-order valence-corrected chi connectivity index (χ4v) is 6.18. The molecule has 9 nitrogen and oxygen atoms in total. The van der Waals surface area contributed by atoms with E-state index >= 15 is 0 Å². The van der Waals surface area contributed by atoms with Crippen LogP contribution in [0.4, 0.5) is 5.69 Å². The highest BCUT2D eigenvalue weighted by molar-refractivity contribution is 9.10. The third-order valence-electron chi connectivity index (χ3n) is 6.67. The lowest BCUT2D eigenvalue weighted by molar-refractivity contribution is -0.384. The summed E-state index contributed by atoms with van der Waals surface area (Å²) in [4.78, 5) is 42.3. The molecule has 0 amide bonds. The Morgan fingerprint density at radius 1 is 1.20 bits per heavy atom. The third kappa shape index (κ3) is 4.98. The molecular weight excluding hydrogens is 598 g/mol. The number of thiazole rings is 1. The number of nitro benzene ring substituents is 1. The SMILES string of the molecule is COC(=O)C1=C(C)N=c2s/c(=C\c3ccc(-c4ccc([N+](=O)[O-])cc4Br)o3)c(=O)n2C1c1ccc(C(C)C)cc1. The summed E-state index contributed by atoms with van der Waals surface area (Å²) >= 11 is 4.57. The number of aromatic nitrogens is 1. The number of hydrogen-bond acceptors (Lipinski definition) is 8. The standard InChI is InChI=1S/C29H24BrN3O6S/c1-15(2)17-5-7-18(8-6-17)26-25(28(35)38-4)16(3)31-29-32(26)27(34)24(40-29)14-20-10-12-23(39-20)21-11-9-19(33(36)37)13-22(21)30/h5-15,26H,1-4H3/b24-14-. The van der Waals surface area contributed by atoms with Crippen LogP contribution < -0.4 is 14.9 Å². The number of esters is 1. The third-order valence-corrected chi connectivity index (χ3v) is 8.31. The van der Waals surface area contributed by atoms with Gasteiger partial charge < -0.3 is 9.15 Å². The molecule has 204 valence electrons. The summed E-state index contributed by atoms with van der Waals surface area (Å²) in [6.07, 6.45) is 1.63. The molecule has 1 atom stereocenters. The first-order valence-electron chi connectivity index (χ1n) is 12.3. The Kier molecular flexibility index (Phi) is 7.43. The van der Waals surface area contributed by atoms with Gasteiger partial charge in [-0.15, -0.1) is 0 Å². The molecule has 0 spiro atoms. The van der Waals surface area contributed by atoms with Gasteiger partial charge in [-0.1, -0.05) is 49.4 Å². The summed E-state index contributed by atoms with van der Waals surface area (Å²) in [6.45, 7) is 5.93. The van der Waals surface area contributed by atoms with Crippen molar-refractivity contribution in [2.45, 2.75) is 32.7 Å². The summed E-state index contributed by atoms with van der Waals surface area (Å²) in [7, 11) is 1.31. The monoisotopic (exact) mass is 621 g/mol. The molecule has 0 saturated carbocycles. The van der Waals surface area contributed by atoms with E-state index in [1.807, 2.05) is 24.3 Å². The van der Waals surface area contributed by atoms with E-state index in [2.05, 4.69) is 34.8 Å². The summed E-state index contributed by atoms with van der Waals surface area (Å²) in [5.41, 5.74) is 2.99. The Balaban J connectivity index is 1.60. The summed E-state index contributed by atoms with van der Waals surface area (Å²) < 4.78 is 13.5. The van der Waals surface area contributed by atoms with Crippen LogP contribution in [-0.4, -0.2) is 22.6 Å². The Hall–Kier alpha value is -4.09. The maximum absolute atomic E-state index is 13.8. The van der Waals surface area contributed by atoms with Gasteiger partial charge >= 0.3 is 5.97 Å². The van der Waals surface area contributed by atoms with Crippen molar-refractivity contribution in [1.29, 1.82) is 0 Å². The lowest BCUT2D eigenvalue weighted by Crippen LogP contribution is -2.39. The number of carbonyl (C=O) groups is 1. The number of halogens is 1. The van der Waals surface area contributed by atoms with Crippen molar-refractivity contribution < 1.29 is 18.9 Å². The molecule has 40 heavy (non-hydrogen) atoms.